The van der Waals surface area contributed by atoms with E-state index in [0.717, 1.165) is 12.1 Å². The summed E-state index contributed by atoms with van der Waals surface area (Å²) in [7, 11) is 0. The molecule has 0 unspecified atom stereocenters. The third kappa shape index (κ3) is 3.69. The molecule has 0 saturated heterocycles. The number of H-pyrrole nitrogens is 1. The molecule has 2 N–H and O–H groups in total. The first kappa shape index (κ1) is 20.1. The molecule has 0 aliphatic heterocycles. The van der Waals surface area contributed by atoms with Crippen LogP contribution in [0.15, 0.2) is 41.2 Å². The number of pyridine rings is 2. The average Bonchev–Trinajstić information content (AvgIpc) is 2.68. The van der Waals surface area contributed by atoms with Gasteiger partial charge >= 0.3 is 5.92 Å². The van der Waals surface area contributed by atoms with E-state index in [1.54, 1.807) is 0 Å². The lowest BCUT2D eigenvalue weighted by Crippen LogP contribution is -2.43. The Hall–Kier alpha value is -3.67. The summed E-state index contributed by atoms with van der Waals surface area (Å²) in [6.45, 7) is 2.65. The van der Waals surface area contributed by atoms with Gasteiger partial charge in [0.1, 0.15) is 17.6 Å². The fourth-order valence-corrected chi connectivity index (χ4v) is 3.03. The van der Waals surface area contributed by atoms with Crippen LogP contribution >= 0.6 is 0 Å². The van der Waals surface area contributed by atoms with E-state index in [2.05, 4.69) is 15.3 Å². The van der Waals surface area contributed by atoms with E-state index in [4.69, 9.17) is 5.26 Å². The van der Waals surface area contributed by atoms with Gasteiger partial charge in [0.2, 0.25) is 0 Å². The predicted octanol–water partition coefficient (Wildman–Crippen LogP) is 3.21. The number of nitrogens with zero attached hydrogens (tertiary/aromatic N) is 2. The molecule has 0 aliphatic rings. The zero-order valence-corrected chi connectivity index (χ0v) is 15.4. The minimum atomic E-state index is -4.18. The van der Waals surface area contributed by atoms with Crippen LogP contribution in [-0.4, -0.2) is 15.9 Å². The van der Waals surface area contributed by atoms with Crippen molar-refractivity contribution in [3.63, 3.8) is 0 Å². The number of aromatic nitrogens is 2. The number of benzene rings is 1. The van der Waals surface area contributed by atoms with Crippen LogP contribution in [0.4, 0.5) is 13.2 Å². The summed E-state index contributed by atoms with van der Waals surface area (Å²) < 4.78 is 43.4. The second-order valence-electron chi connectivity index (χ2n) is 6.47. The zero-order valence-electron chi connectivity index (χ0n) is 15.4. The molecular weight excluding hydrogens is 385 g/mol. The number of aryl methyl sites for hydroxylation is 1. The number of alkyl halides is 2. The number of hydrogen-bond donors (Lipinski definition) is 2. The molecule has 6 nitrogen and oxygen atoms in total. The molecule has 0 aliphatic carbocycles. The number of hydrogen-bond acceptors (Lipinski definition) is 4. The topological polar surface area (TPSA) is 98.6 Å². The number of amides is 1. The highest BCUT2D eigenvalue weighted by atomic mass is 19.3. The monoisotopic (exact) mass is 400 g/mol. The number of nitriles is 1. The molecule has 0 radical (unpaired) electrons. The van der Waals surface area contributed by atoms with Crippen molar-refractivity contribution in [3.8, 4) is 6.07 Å². The van der Waals surface area contributed by atoms with Gasteiger partial charge in [0.15, 0.2) is 0 Å². The van der Waals surface area contributed by atoms with Crippen LogP contribution in [0.5, 0.6) is 0 Å². The molecule has 1 aromatic carbocycles. The number of carbonyl (C=O) groups excluding carboxylic acids is 1. The first-order chi connectivity index (χ1) is 13.6. The van der Waals surface area contributed by atoms with Crippen LogP contribution in [0, 0.1) is 24.1 Å². The first-order valence-corrected chi connectivity index (χ1v) is 8.53. The van der Waals surface area contributed by atoms with E-state index >= 15 is 0 Å². The third-order valence-electron chi connectivity index (χ3n) is 4.51. The molecule has 0 fully saturated rings. The van der Waals surface area contributed by atoms with Gasteiger partial charge in [-0.2, -0.15) is 14.0 Å². The largest absolute Gasteiger partial charge is 0.355 e. The SMILES string of the molecule is Cc1c(C(F)(F)C(=O)N[C@H](C)c2cccc(C#N)n2)c(=O)[nH]c2ccc(F)cc12. The van der Waals surface area contributed by atoms with Crippen LogP contribution in [0.1, 0.15) is 35.5 Å². The second kappa shape index (κ2) is 7.39. The van der Waals surface area contributed by atoms with E-state index in [1.165, 1.54) is 38.1 Å². The van der Waals surface area contributed by atoms with Crippen molar-refractivity contribution in [3.05, 3.63) is 75.1 Å². The summed E-state index contributed by atoms with van der Waals surface area (Å²) in [6.07, 6.45) is 0. The molecule has 1 atom stereocenters. The molecule has 0 bridgehead atoms. The Bertz CT molecular complexity index is 1210. The van der Waals surface area contributed by atoms with Gasteiger partial charge in [0, 0.05) is 10.9 Å². The Kier molecular flexibility index (Phi) is 5.12. The summed E-state index contributed by atoms with van der Waals surface area (Å²) >= 11 is 0. The van der Waals surface area contributed by atoms with Crippen molar-refractivity contribution in [1.29, 1.82) is 5.26 Å². The van der Waals surface area contributed by atoms with Gasteiger partial charge in [-0.1, -0.05) is 6.07 Å². The molecule has 0 spiro atoms. The Morgan fingerprint density at radius 3 is 2.72 bits per heavy atom. The van der Waals surface area contributed by atoms with E-state index in [1.807, 2.05) is 6.07 Å². The van der Waals surface area contributed by atoms with E-state index in [0.29, 0.717) is 0 Å². The minimum absolute atomic E-state index is 0.0687. The number of fused-ring (bicyclic) bond motifs is 1. The predicted molar refractivity (Wildman–Crippen MR) is 98.7 cm³/mol. The molecule has 9 heteroatoms. The summed E-state index contributed by atoms with van der Waals surface area (Å²) in [5, 5.41) is 11.1. The van der Waals surface area contributed by atoms with Crippen molar-refractivity contribution in [1.82, 2.24) is 15.3 Å². The highest BCUT2D eigenvalue weighted by molar-refractivity contribution is 5.89. The third-order valence-corrected chi connectivity index (χ3v) is 4.51. The summed E-state index contributed by atoms with van der Waals surface area (Å²) in [6, 6.07) is 8.65. The van der Waals surface area contributed by atoms with Crippen molar-refractivity contribution in [2.24, 2.45) is 0 Å². The molecule has 29 heavy (non-hydrogen) atoms. The molecule has 1 amide bonds. The molecule has 3 rings (SSSR count). The van der Waals surface area contributed by atoms with Crippen LogP contribution in [-0.2, 0) is 10.7 Å². The lowest BCUT2D eigenvalue weighted by molar-refractivity contribution is -0.148. The summed E-state index contributed by atoms with van der Waals surface area (Å²) in [4.78, 5) is 30.8. The Morgan fingerprint density at radius 1 is 1.31 bits per heavy atom. The van der Waals surface area contributed by atoms with Crippen LogP contribution < -0.4 is 10.9 Å². The lowest BCUT2D eigenvalue weighted by atomic mass is 9.99. The van der Waals surface area contributed by atoms with Crippen LogP contribution in [0.3, 0.4) is 0 Å². The maximum Gasteiger partial charge on any atom is 0.355 e. The zero-order chi connectivity index (χ0) is 21.3. The summed E-state index contributed by atoms with van der Waals surface area (Å²) in [5.41, 5.74) is -1.93. The minimum Gasteiger partial charge on any atom is -0.342 e. The quantitative estimate of drug-likeness (QED) is 0.703. The number of aromatic amines is 1. The number of nitrogens with one attached hydrogen (secondary N) is 2. The molecule has 0 saturated carbocycles. The first-order valence-electron chi connectivity index (χ1n) is 8.53. The smallest absolute Gasteiger partial charge is 0.342 e. The summed E-state index contributed by atoms with van der Waals surface area (Å²) in [5.74, 6) is -6.55. The van der Waals surface area contributed by atoms with Gasteiger partial charge in [0.25, 0.3) is 11.5 Å². The van der Waals surface area contributed by atoms with Crippen molar-refractivity contribution >= 4 is 16.8 Å². The number of carbonyl (C=O) groups is 1. The fourth-order valence-electron chi connectivity index (χ4n) is 3.03. The van der Waals surface area contributed by atoms with Gasteiger partial charge in [-0.15, -0.1) is 0 Å². The fraction of sp³-hybridized carbons (Fsp3) is 0.200. The van der Waals surface area contributed by atoms with E-state index in [-0.39, 0.29) is 27.9 Å². The normalized spacial score (nSPS) is 12.4. The van der Waals surface area contributed by atoms with E-state index in [9.17, 15) is 22.8 Å². The Labute approximate surface area is 163 Å². The highest BCUT2D eigenvalue weighted by Gasteiger charge is 2.45. The maximum absolute atomic E-state index is 14.9. The molecule has 3 aromatic rings. The second-order valence-corrected chi connectivity index (χ2v) is 6.47. The van der Waals surface area contributed by atoms with Gasteiger partial charge < -0.3 is 10.3 Å². The standard InChI is InChI=1S/C20H15F3N4O2/c1-10-14-8-12(21)6-7-16(14)27-18(28)17(10)20(22,23)19(29)25-11(2)15-5-3-4-13(9-24)26-15/h3-8,11H,1-2H3,(H,25,29)(H,27,28)/t11-/m1/s1. The van der Waals surface area contributed by atoms with Crippen molar-refractivity contribution in [2.75, 3.05) is 0 Å². The molecule has 2 heterocycles. The Balaban J connectivity index is 1.98. The average molecular weight is 400 g/mol. The van der Waals surface area contributed by atoms with Gasteiger partial charge in [-0.3, -0.25) is 9.59 Å². The lowest BCUT2D eigenvalue weighted by Gasteiger charge is -2.21. The number of halogens is 3. The molecule has 2 aromatic heterocycles. The molecule has 148 valence electrons. The van der Waals surface area contributed by atoms with E-state index < -0.39 is 34.8 Å². The number of rotatable bonds is 4. The van der Waals surface area contributed by atoms with Crippen LogP contribution in [0.25, 0.3) is 10.9 Å². The van der Waals surface area contributed by atoms with Crippen molar-refractivity contribution < 1.29 is 18.0 Å². The molecular formula is C20H15F3N4O2. The van der Waals surface area contributed by atoms with Gasteiger partial charge in [-0.25, -0.2) is 9.37 Å². The van der Waals surface area contributed by atoms with Crippen molar-refractivity contribution in [2.45, 2.75) is 25.8 Å². The maximum atomic E-state index is 14.9. The highest BCUT2D eigenvalue weighted by Crippen LogP contribution is 2.32. The Morgan fingerprint density at radius 2 is 2.03 bits per heavy atom. The van der Waals surface area contributed by atoms with Gasteiger partial charge in [0.05, 0.1) is 17.3 Å². The van der Waals surface area contributed by atoms with Crippen LogP contribution in [0.2, 0.25) is 0 Å². The van der Waals surface area contributed by atoms with Gasteiger partial charge in [-0.05, 0) is 49.7 Å².